The van der Waals surface area contributed by atoms with E-state index in [-0.39, 0.29) is 5.91 Å². The number of para-hydroxylation sites is 1. The van der Waals surface area contributed by atoms with Crippen LogP contribution in [0.3, 0.4) is 0 Å². The van der Waals surface area contributed by atoms with Crippen molar-refractivity contribution in [3.8, 4) is 0 Å². The van der Waals surface area contributed by atoms with Gasteiger partial charge in [0.15, 0.2) is 0 Å². The normalized spacial score (nSPS) is 16.9. The van der Waals surface area contributed by atoms with E-state index in [9.17, 15) is 4.79 Å². The van der Waals surface area contributed by atoms with Crippen molar-refractivity contribution in [1.29, 1.82) is 0 Å². The predicted octanol–water partition coefficient (Wildman–Crippen LogP) is 1.48. The average Bonchev–Trinajstić information content (AvgIpc) is 2.68. The van der Waals surface area contributed by atoms with E-state index < -0.39 is 0 Å². The molecule has 4 nitrogen and oxygen atoms in total. The molecule has 1 amide bonds. The zero-order chi connectivity index (χ0) is 13.5. The number of nitrogens with zero attached hydrogens (tertiary/aromatic N) is 1. The molecule has 1 aromatic rings. The van der Waals surface area contributed by atoms with Crippen LogP contribution in [-0.4, -0.2) is 43.5 Å². The standard InChI is InChI=1S/C15H23N3O/c1-2-13-6-3-4-7-14(13)17-15(19)12-18-10-5-8-16-9-11-18/h3-4,6-7,16H,2,5,8-12H2,1H3,(H,17,19). The number of amides is 1. The Morgan fingerprint density at radius 2 is 2.16 bits per heavy atom. The fourth-order valence-electron chi connectivity index (χ4n) is 2.40. The fraction of sp³-hybridized carbons (Fsp3) is 0.533. The number of rotatable bonds is 4. The van der Waals surface area contributed by atoms with Crippen LogP contribution in [0.5, 0.6) is 0 Å². The molecule has 1 fully saturated rings. The van der Waals surface area contributed by atoms with Gasteiger partial charge in [0.1, 0.15) is 0 Å². The summed E-state index contributed by atoms with van der Waals surface area (Å²) < 4.78 is 0. The van der Waals surface area contributed by atoms with Gasteiger partial charge < -0.3 is 10.6 Å². The van der Waals surface area contributed by atoms with E-state index in [1.165, 1.54) is 5.56 Å². The molecule has 1 aromatic carbocycles. The molecular weight excluding hydrogens is 238 g/mol. The number of hydrogen-bond donors (Lipinski definition) is 2. The number of benzene rings is 1. The summed E-state index contributed by atoms with van der Waals surface area (Å²) in [7, 11) is 0. The molecule has 19 heavy (non-hydrogen) atoms. The summed E-state index contributed by atoms with van der Waals surface area (Å²) in [6, 6.07) is 8.01. The third-order valence-electron chi connectivity index (χ3n) is 3.47. The number of carbonyl (C=O) groups is 1. The Hall–Kier alpha value is -1.39. The smallest absolute Gasteiger partial charge is 0.238 e. The first kappa shape index (κ1) is 14.0. The average molecular weight is 261 g/mol. The van der Waals surface area contributed by atoms with Crippen LogP contribution in [0.15, 0.2) is 24.3 Å². The van der Waals surface area contributed by atoms with Gasteiger partial charge >= 0.3 is 0 Å². The lowest BCUT2D eigenvalue weighted by atomic mass is 10.1. The van der Waals surface area contributed by atoms with Crippen LogP contribution >= 0.6 is 0 Å². The van der Waals surface area contributed by atoms with E-state index >= 15 is 0 Å². The van der Waals surface area contributed by atoms with Crippen LogP contribution in [0.4, 0.5) is 5.69 Å². The minimum atomic E-state index is 0.0859. The van der Waals surface area contributed by atoms with Gasteiger partial charge in [-0.15, -0.1) is 0 Å². The number of aryl methyl sites for hydroxylation is 1. The molecule has 0 saturated carbocycles. The minimum Gasteiger partial charge on any atom is -0.325 e. The first-order valence-corrected chi connectivity index (χ1v) is 7.10. The molecule has 2 rings (SSSR count). The fourth-order valence-corrected chi connectivity index (χ4v) is 2.40. The molecule has 0 aromatic heterocycles. The van der Waals surface area contributed by atoms with Gasteiger partial charge in [0.25, 0.3) is 0 Å². The molecule has 4 heteroatoms. The maximum Gasteiger partial charge on any atom is 0.238 e. The van der Waals surface area contributed by atoms with Crippen LogP contribution < -0.4 is 10.6 Å². The summed E-state index contributed by atoms with van der Waals surface area (Å²) in [5, 5.41) is 6.37. The Morgan fingerprint density at radius 3 is 3.00 bits per heavy atom. The number of nitrogens with one attached hydrogen (secondary N) is 2. The van der Waals surface area contributed by atoms with Gasteiger partial charge in [0, 0.05) is 18.8 Å². The molecule has 0 bridgehead atoms. The summed E-state index contributed by atoms with van der Waals surface area (Å²) >= 11 is 0. The SMILES string of the molecule is CCc1ccccc1NC(=O)CN1CCCNCC1. The van der Waals surface area contributed by atoms with Crippen LogP contribution in [0.25, 0.3) is 0 Å². The van der Waals surface area contributed by atoms with Gasteiger partial charge in [0.05, 0.1) is 6.54 Å². The van der Waals surface area contributed by atoms with E-state index in [2.05, 4.69) is 28.5 Å². The van der Waals surface area contributed by atoms with Crippen molar-refractivity contribution in [3.05, 3.63) is 29.8 Å². The van der Waals surface area contributed by atoms with Gasteiger partial charge in [0.2, 0.25) is 5.91 Å². The Labute approximate surface area is 115 Å². The van der Waals surface area contributed by atoms with Crippen LogP contribution in [-0.2, 0) is 11.2 Å². The molecule has 2 N–H and O–H groups in total. The summed E-state index contributed by atoms with van der Waals surface area (Å²) in [6.07, 6.45) is 2.04. The molecule has 0 unspecified atom stereocenters. The number of carbonyl (C=O) groups excluding carboxylic acids is 1. The molecule has 1 aliphatic heterocycles. The van der Waals surface area contributed by atoms with Gasteiger partial charge in [-0.2, -0.15) is 0 Å². The van der Waals surface area contributed by atoms with E-state index in [1.807, 2.05) is 18.2 Å². The molecule has 104 valence electrons. The second kappa shape index (κ2) is 7.26. The Bertz CT molecular complexity index is 412. The zero-order valence-electron chi connectivity index (χ0n) is 11.6. The highest BCUT2D eigenvalue weighted by Crippen LogP contribution is 2.15. The maximum atomic E-state index is 12.1. The summed E-state index contributed by atoms with van der Waals surface area (Å²) in [4.78, 5) is 14.3. The number of hydrogen-bond acceptors (Lipinski definition) is 3. The largest absolute Gasteiger partial charge is 0.325 e. The summed E-state index contributed by atoms with van der Waals surface area (Å²) in [5.41, 5.74) is 2.14. The van der Waals surface area contributed by atoms with Crippen molar-refractivity contribution in [3.63, 3.8) is 0 Å². The van der Waals surface area contributed by atoms with Crippen LogP contribution in [0.1, 0.15) is 18.9 Å². The van der Waals surface area contributed by atoms with Crippen molar-refractivity contribution in [1.82, 2.24) is 10.2 Å². The van der Waals surface area contributed by atoms with Crippen molar-refractivity contribution in [2.24, 2.45) is 0 Å². The number of anilines is 1. The molecule has 0 radical (unpaired) electrons. The van der Waals surface area contributed by atoms with Crippen molar-refractivity contribution >= 4 is 11.6 Å². The van der Waals surface area contributed by atoms with E-state index in [4.69, 9.17) is 0 Å². The maximum absolute atomic E-state index is 12.1. The topological polar surface area (TPSA) is 44.4 Å². The third-order valence-corrected chi connectivity index (χ3v) is 3.47. The van der Waals surface area contributed by atoms with Crippen molar-refractivity contribution in [2.45, 2.75) is 19.8 Å². The second-order valence-corrected chi connectivity index (χ2v) is 4.94. The summed E-state index contributed by atoms with van der Waals surface area (Å²) in [6.45, 7) is 6.56. The lowest BCUT2D eigenvalue weighted by Crippen LogP contribution is -2.35. The van der Waals surface area contributed by atoms with E-state index in [0.29, 0.717) is 6.54 Å². The Balaban J connectivity index is 1.89. The quantitative estimate of drug-likeness (QED) is 0.863. The van der Waals surface area contributed by atoms with Crippen LogP contribution in [0, 0.1) is 0 Å². The van der Waals surface area contributed by atoms with E-state index in [0.717, 1.165) is 44.7 Å². The summed E-state index contributed by atoms with van der Waals surface area (Å²) in [5.74, 6) is 0.0859. The monoisotopic (exact) mass is 261 g/mol. The van der Waals surface area contributed by atoms with Crippen molar-refractivity contribution < 1.29 is 4.79 Å². The lowest BCUT2D eigenvalue weighted by molar-refractivity contribution is -0.117. The van der Waals surface area contributed by atoms with Gasteiger partial charge in [-0.3, -0.25) is 9.69 Å². The predicted molar refractivity (Wildman–Crippen MR) is 78.4 cm³/mol. The molecular formula is C15H23N3O. The molecule has 0 aliphatic carbocycles. The van der Waals surface area contributed by atoms with Crippen LogP contribution in [0.2, 0.25) is 0 Å². The molecule has 1 aliphatic rings. The highest BCUT2D eigenvalue weighted by Gasteiger charge is 2.13. The molecule has 0 spiro atoms. The van der Waals surface area contributed by atoms with Crippen molar-refractivity contribution in [2.75, 3.05) is 38.0 Å². The van der Waals surface area contributed by atoms with Gasteiger partial charge in [-0.05, 0) is 37.6 Å². The third kappa shape index (κ3) is 4.33. The van der Waals surface area contributed by atoms with Gasteiger partial charge in [-0.1, -0.05) is 25.1 Å². The molecule has 1 heterocycles. The first-order valence-electron chi connectivity index (χ1n) is 7.10. The Kier molecular flexibility index (Phi) is 5.36. The highest BCUT2D eigenvalue weighted by atomic mass is 16.2. The molecule has 1 saturated heterocycles. The second-order valence-electron chi connectivity index (χ2n) is 4.94. The van der Waals surface area contributed by atoms with Gasteiger partial charge in [-0.25, -0.2) is 0 Å². The zero-order valence-corrected chi connectivity index (χ0v) is 11.6. The minimum absolute atomic E-state index is 0.0859. The highest BCUT2D eigenvalue weighted by molar-refractivity contribution is 5.93. The first-order chi connectivity index (χ1) is 9.29. The Morgan fingerprint density at radius 1 is 1.32 bits per heavy atom. The molecule has 0 atom stereocenters. The lowest BCUT2D eigenvalue weighted by Gasteiger charge is -2.19. The van der Waals surface area contributed by atoms with E-state index in [1.54, 1.807) is 0 Å².